The monoisotopic (exact) mass is 179 g/mol. The lowest BCUT2D eigenvalue weighted by molar-refractivity contribution is 0.498. The van der Waals surface area contributed by atoms with Crippen LogP contribution in [0.25, 0.3) is 0 Å². The van der Waals surface area contributed by atoms with Crippen LogP contribution in [-0.4, -0.2) is 0 Å². The van der Waals surface area contributed by atoms with Crippen molar-refractivity contribution in [3.05, 3.63) is 29.6 Å². The van der Waals surface area contributed by atoms with Gasteiger partial charge in [-0.1, -0.05) is 13.8 Å². The fraction of sp³-hybridized carbons (Fsp3) is 0.250. The molecule has 0 amide bonds. The van der Waals surface area contributed by atoms with Crippen molar-refractivity contribution in [3.63, 3.8) is 0 Å². The van der Waals surface area contributed by atoms with Gasteiger partial charge in [0.2, 0.25) is 0 Å². The zero-order valence-electron chi connectivity index (χ0n) is 6.87. The van der Waals surface area contributed by atoms with Crippen molar-refractivity contribution in [2.24, 2.45) is 0 Å². The molecule has 1 rings (SSSR count). The first-order valence-corrected chi connectivity index (χ1v) is 3.51. The Morgan fingerprint density at radius 1 is 1.17 bits per heavy atom. The lowest BCUT2D eigenvalue weighted by atomic mass is 10.3. The predicted molar refractivity (Wildman–Crippen MR) is 44.2 cm³/mol. The van der Waals surface area contributed by atoms with Gasteiger partial charge in [-0.05, 0) is 6.07 Å². The summed E-state index contributed by atoms with van der Waals surface area (Å²) < 4.78 is 36.5. The first-order chi connectivity index (χ1) is 5.61. The average molecular weight is 179 g/mol. The molecule has 1 nitrogen and oxygen atoms in total. The minimum atomic E-state index is -1.27. The molecule has 70 valence electrons. The molecule has 0 aliphatic carbocycles. The van der Waals surface area contributed by atoms with Crippen molar-refractivity contribution in [3.8, 4) is 0 Å². The third-order valence-corrected chi connectivity index (χ3v) is 1.02. The number of halogens is 3. The third-order valence-electron chi connectivity index (χ3n) is 1.02. The van der Waals surface area contributed by atoms with Gasteiger partial charge in [0.15, 0.2) is 11.6 Å². The van der Waals surface area contributed by atoms with Crippen molar-refractivity contribution in [2.75, 3.05) is 5.73 Å². The third kappa shape index (κ3) is 2.45. The highest BCUT2D eigenvalue weighted by atomic mass is 19.2. The largest absolute Gasteiger partial charge is 0.396 e. The molecule has 0 saturated carbocycles. The summed E-state index contributed by atoms with van der Waals surface area (Å²) >= 11 is 0. The second-order valence-electron chi connectivity index (χ2n) is 1.79. The summed E-state index contributed by atoms with van der Waals surface area (Å²) in [6, 6.07) is 1.16. The van der Waals surface area contributed by atoms with Gasteiger partial charge in [-0.25, -0.2) is 13.2 Å². The van der Waals surface area contributed by atoms with Gasteiger partial charge in [0.1, 0.15) is 5.82 Å². The van der Waals surface area contributed by atoms with E-state index in [9.17, 15) is 13.2 Å². The first kappa shape index (κ1) is 10.8. The van der Waals surface area contributed by atoms with Crippen molar-refractivity contribution >= 4 is 5.69 Å². The van der Waals surface area contributed by atoms with Gasteiger partial charge in [0.05, 0.1) is 5.69 Å². The van der Waals surface area contributed by atoms with E-state index in [0.717, 1.165) is 6.07 Å². The predicted octanol–water partition coefficient (Wildman–Crippen LogP) is 2.96. The molecule has 2 N–H and O–H groups in total. The van der Waals surface area contributed by atoms with E-state index < -0.39 is 23.1 Å². The molecule has 0 unspecified atom stereocenters. The van der Waals surface area contributed by atoms with Gasteiger partial charge in [-0.3, -0.25) is 0 Å². The Morgan fingerprint density at radius 3 is 2.08 bits per heavy atom. The SMILES string of the molecule is CC.Nc1cc(F)cc(F)c1F.[HH]. The summed E-state index contributed by atoms with van der Waals surface area (Å²) in [5.74, 6) is -3.35. The Labute approximate surface area is 70.5 Å². The van der Waals surface area contributed by atoms with Crippen LogP contribution >= 0.6 is 0 Å². The number of benzene rings is 1. The van der Waals surface area contributed by atoms with Crippen molar-refractivity contribution in [1.82, 2.24) is 0 Å². The molecule has 0 spiro atoms. The maximum Gasteiger partial charge on any atom is 0.181 e. The highest BCUT2D eigenvalue weighted by Crippen LogP contribution is 2.14. The van der Waals surface area contributed by atoms with Crippen LogP contribution in [0, 0.1) is 17.5 Å². The minimum Gasteiger partial charge on any atom is -0.396 e. The fourth-order valence-electron chi connectivity index (χ4n) is 0.576. The van der Waals surface area contributed by atoms with Crippen LogP contribution in [0.3, 0.4) is 0 Å². The molecule has 12 heavy (non-hydrogen) atoms. The molecule has 0 bridgehead atoms. The molecular formula is C8H12F3N. The van der Waals surface area contributed by atoms with Gasteiger partial charge >= 0.3 is 0 Å². The van der Waals surface area contributed by atoms with Crippen LogP contribution in [-0.2, 0) is 0 Å². The average Bonchev–Trinajstić information content (AvgIpc) is 2.04. The number of hydrogen-bond acceptors (Lipinski definition) is 1. The highest BCUT2D eigenvalue weighted by molar-refractivity contribution is 5.39. The number of nitrogen functional groups attached to an aromatic ring is 1. The molecule has 0 aliphatic heterocycles. The number of hydrogen-bond donors (Lipinski definition) is 1. The van der Waals surface area contributed by atoms with Crippen molar-refractivity contribution < 1.29 is 14.6 Å². The summed E-state index contributed by atoms with van der Waals surface area (Å²) in [6.07, 6.45) is 0. The molecular weight excluding hydrogens is 167 g/mol. The Morgan fingerprint density at radius 2 is 1.67 bits per heavy atom. The van der Waals surface area contributed by atoms with Crippen LogP contribution in [0.5, 0.6) is 0 Å². The summed E-state index contributed by atoms with van der Waals surface area (Å²) in [5.41, 5.74) is 4.35. The standard InChI is InChI=1S/C6H4F3N.C2H6.H2/c7-3-1-4(8)6(9)5(10)2-3;1-2;/h1-2H,10H2;1-2H3;1H. The van der Waals surface area contributed by atoms with Gasteiger partial charge < -0.3 is 5.73 Å². The van der Waals surface area contributed by atoms with E-state index in [1.54, 1.807) is 0 Å². The van der Waals surface area contributed by atoms with E-state index in [-0.39, 0.29) is 1.43 Å². The molecule has 1 aromatic rings. The van der Waals surface area contributed by atoms with E-state index in [0.29, 0.717) is 6.07 Å². The summed E-state index contributed by atoms with van der Waals surface area (Å²) in [5, 5.41) is 0. The van der Waals surface area contributed by atoms with Crippen LogP contribution in [0.4, 0.5) is 18.9 Å². The van der Waals surface area contributed by atoms with Gasteiger partial charge in [0, 0.05) is 7.49 Å². The topological polar surface area (TPSA) is 26.0 Å². The van der Waals surface area contributed by atoms with Gasteiger partial charge in [-0.2, -0.15) is 0 Å². The van der Waals surface area contributed by atoms with Crippen molar-refractivity contribution in [2.45, 2.75) is 13.8 Å². The first-order valence-electron chi connectivity index (χ1n) is 3.51. The number of anilines is 1. The highest BCUT2D eigenvalue weighted by Gasteiger charge is 2.06. The quantitative estimate of drug-likeness (QED) is 0.481. The normalized spacial score (nSPS) is 8.75. The lowest BCUT2D eigenvalue weighted by Crippen LogP contribution is -1.95. The number of rotatable bonds is 0. The molecule has 0 aromatic heterocycles. The second-order valence-corrected chi connectivity index (χ2v) is 1.79. The molecule has 0 atom stereocenters. The van der Waals surface area contributed by atoms with Crippen LogP contribution in [0.15, 0.2) is 12.1 Å². The van der Waals surface area contributed by atoms with Gasteiger partial charge in [0.25, 0.3) is 0 Å². The van der Waals surface area contributed by atoms with Crippen molar-refractivity contribution in [1.29, 1.82) is 0 Å². The zero-order chi connectivity index (χ0) is 9.72. The zero-order valence-corrected chi connectivity index (χ0v) is 6.87. The lowest BCUT2D eigenvalue weighted by Gasteiger charge is -1.96. The van der Waals surface area contributed by atoms with Crippen LogP contribution in [0.1, 0.15) is 15.3 Å². The Hall–Kier alpha value is -1.19. The molecule has 1 aromatic carbocycles. The molecule has 0 radical (unpaired) electrons. The van der Waals surface area contributed by atoms with Gasteiger partial charge in [-0.15, -0.1) is 0 Å². The maximum atomic E-state index is 12.2. The van der Waals surface area contributed by atoms with E-state index in [4.69, 9.17) is 5.73 Å². The number of nitrogens with two attached hydrogens (primary N) is 1. The Balaban J connectivity index is 0. The Bertz CT molecular complexity index is 243. The fourth-order valence-corrected chi connectivity index (χ4v) is 0.576. The molecule has 0 heterocycles. The Kier molecular flexibility index (Phi) is 4.18. The van der Waals surface area contributed by atoms with E-state index in [1.165, 1.54) is 0 Å². The van der Waals surface area contributed by atoms with Crippen LogP contribution in [0.2, 0.25) is 0 Å². The molecule has 4 heteroatoms. The van der Waals surface area contributed by atoms with E-state index in [1.807, 2.05) is 13.8 Å². The molecule has 0 saturated heterocycles. The smallest absolute Gasteiger partial charge is 0.181 e. The maximum absolute atomic E-state index is 12.2. The van der Waals surface area contributed by atoms with E-state index in [2.05, 4.69) is 0 Å². The summed E-state index contributed by atoms with van der Waals surface area (Å²) in [4.78, 5) is 0. The van der Waals surface area contributed by atoms with E-state index >= 15 is 0 Å². The summed E-state index contributed by atoms with van der Waals surface area (Å²) in [6.45, 7) is 4.00. The summed E-state index contributed by atoms with van der Waals surface area (Å²) in [7, 11) is 0. The van der Waals surface area contributed by atoms with Crippen LogP contribution < -0.4 is 5.73 Å². The second kappa shape index (κ2) is 4.64. The molecule has 0 aliphatic rings. The molecule has 0 fully saturated rings. The minimum absolute atomic E-state index is 0.